The van der Waals surface area contributed by atoms with E-state index in [1.54, 1.807) is 18.2 Å². The van der Waals surface area contributed by atoms with Crippen LogP contribution < -0.4 is 15.8 Å². The first-order chi connectivity index (χ1) is 9.01. The number of unbranched alkanes of at least 4 members (excludes halogenated alkanes) is 1. The Hall–Kier alpha value is -1.44. The number of hydrogen-bond donors (Lipinski definition) is 3. The van der Waals surface area contributed by atoms with Crippen LogP contribution in [0.25, 0.3) is 0 Å². The summed E-state index contributed by atoms with van der Waals surface area (Å²) in [5, 5.41) is 2.61. The fourth-order valence-electron chi connectivity index (χ4n) is 1.56. The van der Waals surface area contributed by atoms with E-state index in [9.17, 15) is 13.2 Å². The molecule has 4 N–H and O–H groups in total. The van der Waals surface area contributed by atoms with E-state index in [0.717, 1.165) is 6.42 Å². The molecule has 0 aliphatic heterocycles. The number of nitrogens with two attached hydrogens (primary N) is 1. The third kappa shape index (κ3) is 4.62. The lowest BCUT2D eigenvalue weighted by atomic mass is 10.2. The summed E-state index contributed by atoms with van der Waals surface area (Å²) in [5.41, 5.74) is 5.63. The van der Waals surface area contributed by atoms with Crippen LogP contribution >= 0.6 is 0 Å². The molecule has 1 rings (SSSR count). The molecule has 7 heteroatoms. The van der Waals surface area contributed by atoms with Gasteiger partial charge in [0, 0.05) is 6.42 Å². The molecule has 0 aliphatic carbocycles. The molecule has 0 unspecified atom stereocenters. The van der Waals surface area contributed by atoms with Crippen molar-refractivity contribution in [2.45, 2.75) is 24.2 Å². The molecule has 1 aromatic carbocycles. The molecule has 0 spiro atoms. The number of benzene rings is 1. The quantitative estimate of drug-likeness (QED) is 0.641. The minimum atomic E-state index is -3.58. The van der Waals surface area contributed by atoms with E-state index in [0.29, 0.717) is 19.4 Å². The number of hydrogen-bond acceptors (Lipinski definition) is 4. The van der Waals surface area contributed by atoms with Gasteiger partial charge in [0.15, 0.2) is 0 Å². The maximum absolute atomic E-state index is 11.8. The molecule has 1 amide bonds. The summed E-state index contributed by atoms with van der Waals surface area (Å²) >= 11 is 0. The average molecular weight is 285 g/mol. The van der Waals surface area contributed by atoms with Crippen LogP contribution in [-0.2, 0) is 14.8 Å². The van der Waals surface area contributed by atoms with Crippen LogP contribution in [-0.4, -0.2) is 27.9 Å². The van der Waals surface area contributed by atoms with E-state index in [1.165, 1.54) is 13.1 Å². The van der Waals surface area contributed by atoms with Gasteiger partial charge in [-0.25, -0.2) is 13.1 Å². The van der Waals surface area contributed by atoms with Gasteiger partial charge in [0.2, 0.25) is 15.9 Å². The number of carbonyl (C=O) groups excluding carboxylic acids is 1. The van der Waals surface area contributed by atoms with Crippen LogP contribution in [0.15, 0.2) is 29.2 Å². The largest absolute Gasteiger partial charge is 0.330 e. The maximum Gasteiger partial charge on any atom is 0.242 e. The first-order valence-corrected chi connectivity index (χ1v) is 7.52. The van der Waals surface area contributed by atoms with Gasteiger partial charge in [-0.05, 0) is 38.6 Å². The van der Waals surface area contributed by atoms with Gasteiger partial charge in [0.05, 0.1) is 5.69 Å². The van der Waals surface area contributed by atoms with Gasteiger partial charge in [-0.15, -0.1) is 0 Å². The normalized spacial score (nSPS) is 11.3. The lowest BCUT2D eigenvalue weighted by molar-refractivity contribution is -0.116. The SMILES string of the molecule is CNS(=O)(=O)c1ccccc1NC(=O)CCCCN. The van der Waals surface area contributed by atoms with Crippen molar-refractivity contribution in [3.05, 3.63) is 24.3 Å². The molecule has 19 heavy (non-hydrogen) atoms. The summed E-state index contributed by atoms with van der Waals surface area (Å²) in [4.78, 5) is 11.7. The second kappa shape index (κ2) is 7.22. The number of anilines is 1. The monoisotopic (exact) mass is 285 g/mol. The first-order valence-electron chi connectivity index (χ1n) is 6.03. The summed E-state index contributed by atoms with van der Waals surface area (Å²) < 4.78 is 25.8. The topological polar surface area (TPSA) is 101 Å². The highest BCUT2D eigenvalue weighted by atomic mass is 32.2. The number of para-hydroxylation sites is 1. The average Bonchev–Trinajstić information content (AvgIpc) is 2.39. The van der Waals surface area contributed by atoms with Crippen molar-refractivity contribution >= 4 is 21.6 Å². The molecule has 0 aromatic heterocycles. The molecule has 0 heterocycles. The van der Waals surface area contributed by atoms with E-state index in [-0.39, 0.29) is 16.5 Å². The Morgan fingerprint density at radius 2 is 1.95 bits per heavy atom. The third-order valence-electron chi connectivity index (χ3n) is 2.58. The van der Waals surface area contributed by atoms with Gasteiger partial charge in [0.25, 0.3) is 0 Å². The molecule has 0 saturated heterocycles. The summed E-state index contributed by atoms with van der Waals surface area (Å²) in [5.74, 6) is -0.216. The van der Waals surface area contributed by atoms with E-state index < -0.39 is 10.0 Å². The number of sulfonamides is 1. The second-order valence-electron chi connectivity index (χ2n) is 4.00. The number of nitrogens with one attached hydrogen (secondary N) is 2. The Morgan fingerprint density at radius 3 is 2.58 bits per heavy atom. The Kier molecular flexibility index (Phi) is 5.94. The fourth-order valence-corrected chi connectivity index (χ4v) is 2.44. The zero-order chi connectivity index (χ0) is 14.3. The standard InChI is InChI=1S/C12H19N3O3S/c1-14-19(17,18)11-7-3-2-6-10(11)15-12(16)8-4-5-9-13/h2-3,6-7,14H,4-5,8-9,13H2,1H3,(H,15,16). The maximum atomic E-state index is 11.8. The van der Waals surface area contributed by atoms with Gasteiger partial charge in [0.1, 0.15) is 4.90 Å². The van der Waals surface area contributed by atoms with Crippen molar-refractivity contribution in [3.8, 4) is 0 Å². The van der Waals surface area contributed by atoms with Gasteiger partial charge in [-0.1, -0.05) is 12.1 Å². The zero-order valence-electron chi connectivity index (χ0n) is 10.8. The van der Waals surface area contributed by atoms with Gasteiger partial charge in [-0.3, -0.25) is 4.79 Å². The van der Waals surface area contributed by atoms with Crippen molar-refractivity contribution in [2.75, 3.05) is 18.9 Å². The first kappa shape index (κ1) is 15.6. The summed E-state index contributed by atoms with van der Waals surface area (Å²) in [7, 11) is -2.26. The Morgan fingerprint density at radius 1 is 1.26 bits per heavy atom. The molecular weight excluding hydrogens is 266 g/mol. The van der Waals surface area contributed by atoms with Crippen molar-refractivity contribution < 1.29 is 13.2 Å². The summed E-state index contributed by atoms with van der Waals surface area (Å²) in [6.07, 6.45) is 1.78. The fraction of sp³-hybridized carbons (Fsp3) is 0.417. The van der Waals surface area contributed by atoms with Crippen molar-refractivity contribution in [3.63, 3.8) is 0 Å². The third-order valence-corrected chi connectivity index (χ3v) is 4.05. The van der Waals surface area contributed by atoms with Crippen molar-refractivity contribution in [1.82, 2.24) is 4.72 Å². The lowest BCUT2D eigenvalue weighted by Gasteiger charge is -2.10. The summed E-state index contributed by atoms with van der Waals surface area (Å²) in [6, 6.07) is 6.28. The summed E-state index contributed by atoms with van der Waals surface area (Å²) in [6.45, 7) is 0.540. The number of amides is 1. The number of rotatable bonds is 7. The molecule has 0 atom stereocenters. The molecule has 0 fully saturated rings. The molecule has 0 bridgehead atoms. The predicted octanol–water partition coefficient (Wildman–Crippen LogP) is 0.662. The molecule has 106 valence electrons. The number of carbonyl (C=O) groups is 1. The highest BCUT2D eigenvalue weighted by Crippen LogP contribution is 2.20. The van der Waals surface area contributed by atoms with Crippen LogP contribution in [0.1, 0.15) is 19.3 Å². The van der Waals surface area contributed by atoms with Crippen LogP contribution in [0.3, 0.4) is 0 Å². The van der Waals surface area contributed by atoms with Crippen molar-refractivity contribution in [2.24, 2.45) is 5.73 Å². The molecular formula is C12H19N3O3S. The molecule has 0 saturated carbocycles. The van der Waals surface area contributed by atoms with Gasteiger partial charge in [-0.2, -0.15) is 0 Å². The van der Waals surface area contributed by atoms with Gasteiger partial charge >= 0.3 is 0 Å². The van der Waals surface area contributed by atoms with E-state index >= 15 is 0 Å². The molecule has 6 nitrogen and oxygen atoms in total. The Bertz CT molecular complexity index is 529. The van der Waals surface area contributed by atoms with Crippen LogP contribution in [0, 0.1) is 0 Å². The van der Waals surface area contributed by atoms with Crippen molar-refractivity contribution in [1.29, 1.82) is 0 Å². The highest BCUT2D eigenvalue weighted by Gasteiger charge is 2.17. The lowest BCUT2D eigenvalue weighted by Crippen LogP contribution is -2.21. The minimum Gasteiger partial charge on any atom is -0.330 e. The zero-order valence-corrected chi connectivity index (χ0v) is 11.7. The molecule has 0 radical (unpaired) electrons. The molecule has 1 aromatic rings. The second-order valence-corrected chi connectivity index (χ2v) is 5.85. The van der Waals surface area contributed by atoms with E-state index in [2.05, 4.69) is 10.0 Å². The van der Waals surface area contributed by atoms with Crippen LogP contribution in [0.4, 0.5) is 5.69 Å². The van der Waals surface area contributed by atoms with Gasteiger partial charge < -0.3 is 11.1 Å². The highest BCUT2D eigenvalue weighted by molar-refractivity contribution is 7.89. The minimum absolute atomic E-state index is 0.0599. The smallest absolute Gasteiger partial charge is 0.242 e. The Labute approximate surface area is 113 Å². The van der Waals surface area contributed by atoms with Crippen LogP contribution in [0.5, 0.6) is 0 Å². The van der Waals surface area contributed by atoms with Crippen LogP contribution in [0.2, 0.25) is 0 Å². The van der Waals surface area contributed by atoms with E-state index in [1.807, 2.05) is 0 Å². The predicted molar refractivity (Wildman–Crippen MR) is 74.2 cm³/mol. The molecule has 0 aliphatic rings. The Balaban J connectivity index is 2.82. The van der Waals surface area contributed by atoms with E-state index in [4.69, 9.17) is 5.73 Å².